The fraction of sp³-hybridized carbons (Fsp3) is 0.269. The van der Waals surface area contributed by atoms with E-state index in [-0.39, 0.29) is 15.6 Å². The Hall–Kier alpha value is -2.74. The van der Waals surface area contributed by atoms with Gasteiger partial charge in [0.1, 0.15) is 12.3 Å². The third-order valence-electron chi connectivity index (χ3n) is 5.19. The lowest BCUT2D eigenvalue weighted by molar-refractivity contribution is -0.119. The summed E-state index contributed by atoms with van der Waals surface area (Å²) >= 11 is 12.1. The minimum absolute atomic E-state index is 0.0718. The van der Waals surface area contributed by atoms with Gasteiger partial charge in [0, 0.05) is 6.54 Å². The molecular formula is C26H28Cl2N2O4S. The second-order valence-electron chi connectivity index (χ2n) is 7.83. The number of hydrogen-bond acceptors (Lipinski definition) is 4. The molecule has 0 atom stereocenters. The van der Waals surface area contributed by atoms with E-state index < -0.39 is 22.5 Å². The molecule has 35 heavy (non-hydrogen) atoms. The molecule has 0 aliphatic heterocycles. The first-order valence-electron chi connectivity index (χ1n) is 11.3. The van der Waals surface area contributed by atoms with Gasteiger partial charge in [-0.25, -0.2) is 8.42 Å². The summed E-state index contributed by atoms with van der Waals surface area (Å²) in [6, 6.07) is 20.2. The van der Waals surface area contributed by atoms with Gasteiger partial charge in [0.05, 0.1) is 27.2 Å². The van der Waals surface area contributed by atoms with Crippen molar-refractivity contribution in [3.05, 3.63) is 88.4 Å². The number of sulfonamides is 1. The van der Waals surface area contributed by atoms with Gasteiger partial charge in [-0.1, -0.05) is 66.5 Å². The number of nitrogens with zero attached hydrogens (tertiary/aromatic N) is 1. The van der Waals surface area contributed by atoms with E-state index in [2.05, 4.69) is 12.2 Å². The van der Waals surface area contributed by atoms with Crippen molar-refractivity contribution in [3.63, 3.8) is 0 Å². The molecule has 0 aromatic heterocycles. The van der Waals surface area contributed by atoms with Crippen molar-refractivity contribution in [2.24, 2.45) is 0 Å². The van der Waals surface area contributed by atoms with Gasteiger partial charge in [0.2, 0.25) is 5.91 Å². The predicted molar refractivity (Wildman–Crippen MR) is 141 cm³/mol. The fourth-order valence-electron chi connectivity index (χ4n) is 3.43. The molecule has 0 aliphatic rings. The van der Waals surface area contributed by atoms with E-state index in [0.29, 0.717) is 24.6 Å². The third kappa shape index (κ3) is 7.37. The van der Waals surface area contributed by atoms with Crippen LogP contribution in [0.5, 0.6) is 5.75 Å². The number of hydrogen-bond donors (Lipinski definition) is 1. The molecule has 0 unspecified atom stereocenters. The summed E-state index contributed by atoms with van der Waals surface area (Å²) in [6.45, 7) is 2.69. The number of para-hydroxylation sites is 1. The number of benzene rings is 3. The maximum absolute atomic E-state index is 13.4. The second-order valence-corrected chi connectivity index (χ2v) is 10.5. The normalized spacial score (nSPS) is 11.2. The molecule has 0 aliphatic carbocycles. The smallest absolute Gasteiger partial charge is 0.264 e. The maximum atomic E-state index is 13.4. The Balaban J connectivity index is 1.68. The standard InChI is InChI=1S/C26H28Cl2N2O4S/c1-2-17-34-25-13-7-6-9-20(25)10-8-16-29-26(31)19-30(21-14-15-23(27)24(28)18-21)35(32,33)22-11-4-3-5-12-22/h3-7,9,11-15,18H,2,8,10,16-17,19H2,1H3,(H,29,31). The van der Waals surface area contributed by atoms with Crippen LogP contribution >= 0.6 is 23.2 Å². The number of anilines is 1. The van der Waals surface area contributed by atoms with Crippen LogP contribution in [0.4, 0.5) is 5.69 Å². The van der Waals surface area contributed by atoms with Crippen molar-refractivity contribution in [2.45, 2.75) is 31.1 Å². The number of carbonyl (C=O) groups is 1. The van der Waals surface area contributed by atoms with E-state index in [4.69, 9.17) is 27.9 Å². The molecule has 0 heterocycles. The quantitative estimate of drug-likeness (QED) is 0.301. The Morgan fingerprint density at radius 1 is 0.971 bits per heavy atom. The van der Waals surface area contributed by atoms with Crippen molar-refractivity contribution >= 4 is 44.8 Å². The Morgan fingerprint density at radius 3 is 2.40 bits per heavy atom. The number of aryl methyl sites for hydroxylation is 1. The monoisotopic (exact) mass is 534 g/mol. The third-order valence-corrected chi connectivity index (χ3v) is 7.72. The van der Waals surface area contributed by atoms with Gasteiger partial charge in [0.25, 0.3) is 10.0 Å². The van der Waals surface area contributed by atoms with Crippen molar-refractivity contribution < 1.29 is 17.9 Å². The van der Waals surface area contributed by atoms with E-state index in [9.17, 15) is 13.2 Å². The first-order chi connectivity index (χ1) is 16.8. The van der Waals surface area contributed by atoms with E-state index in [1.807, 2.05) is 24.3 Å². The van der Waals surface area contributed by atoms with Crippen molar-refractivity contribution in [1.82, 2.24) is 5.32 Å². The highest BCUT2D eigenvalue weighted by atomic mass is 35.5. The van der Waals surface area contributed by atoms with Gasteiger partial charge in [-0.2, -0.15) is 0 Å². The summed E-state index contributed by atoms with van der Waals surface area (Å²) in [4.78, 5) is 12.8. The molecule has 0 bridgehead atoms. The average molecular weight is 535 g/mol. The van der Waals surface area contributed by atoms with Gasteiger partial charge in [-0.05, 0) is 61.2 Å². The van der Waals surface area contributed by atoms with Crippen molar-refractivity contribution in [3.8, 4) is 5.75 Å². The highest BCUT2D eigenvalue weighted by Crippen LogP contribution is 2.30. The van der Waals surface area contributed by atoms with Crippen LogP contribution < -0.4 is 14.4 Å². The molecule has 0 spiro atoms. The molecule has 9 heteroatoms. The average Bonchev–Trinajstić information content (AvgIpc) is 2.86. The highest BCUT2D eigenvalue weighted by molar-refractivity contribution is 7.92. The summed E-state index contributed by atoms with van der Waals surface area (Å²) in [6.07, 6.45) is 2.32. The van der Waals surface area contributed by atoms with Gasteiger partial charge >= 0.3 is 0 Å². The lowest BCUT2D eigenvalue weighted by Gasteiger charge is -2.24. The topological polar surface area (TPSA) is 75.7 Å². The summed E-state index contributed by atoms with van der Waals surface area (Å²) in [7, 11) is -4.01. The minimum atomic E-state index is -4.01. The van der Waals surface area contributed by atoms with E-state index in [0.717, 1.165) is 28.5 Å². The largest absolute Gasteiger partial charge is 0.493 e. The van der Waals surface area contributed by atoms with Crippen LogP contribution in [0.3, 0.4) is 0 Å². The molecule has 0 fully saturated rings. The number of ether oxygens (including phenoxy) is 1. The number of nitrogens with one attached hydrogen (secondary N) is 1. The SMILES string of the molecule is CCCOc1ccccc1CCCNC(=O)CN(c1ccc(Cl)c(Cl)c1)S(=O)(=O)c1ccccc1. The fourth-order valence-corrected chi connectivity index (χ4v) is 5.16. The molecule has 6 nitrogen and oxygen atoms in total. The number of rotatable bonds is 12. The van der Waals surface area contributed by atoms with Crippen molar-refractivity contribution in [2.75, 3.05) is 24.0 Å². The van der Waals surface area contributed by atoms with Gasteiger partial charge in [-0.15, -0.1) is 0 Å². The molecular weight excluding hydrogens is 507 g/mol. The summed E-state index contributed by atoms with van der Waals surface area (Å²) in [5.41, 5.74) is 1.32. The van der Waals surface area contributed by atoms with E-state index >= 15 is 0 Å². The van der Waals surface area contributed by atoms with Crippen molar-refractivity contribution in [1.29, 1.82) is 0 Å². The molecule has 3 rings (SSSR count). The Labute approximate surface area is 216 Å². The summed E-state index contributed by atoms with van der Waals surface area (Å²) < 4.78 is 33.5. The zero-order valence-corrected chi connectivity index (χ0v) is 21.7. The second kappa shape index (κ2) is 12.8. The predicted octanol–water partition coefficient (Wildman–Crippen LogP) is 5.73. The van der Waals surface area contributed by atoms with Gasteiger partial charge < -0.3 is 10.1 Å². The number of carbonyl (C=O) groups excluding carboxylic acids is 1. The zero-order valence-electron chi connectivity index (χ0n) is 19.4. The lowest BCUT2D eigenvalue weighted by atomic mass is 10.1. The zero-order chi connectivity index (χ0) is 25.3. The molecule has 1 amide bonds. The highest BCUT2D eigenvalue weighted by Gasteiger charge is 2.27. The van der Waals surface area contributed by atoms with Crippen LogP contribution in [0.15, 0.2) is 77.7 Å². The van der Waals surface area contributed by atoms with Crippen LogP contribution in [0, 0.1) is 0 Å². The first kappa shape index (κ1) is 26.9. The summed E-state index contributed by atoms with van der Waals surface area (Å²) in [5.74, 6) is 0.423. The van der Waals surface area contributed by atoms with Crippen LogP contribution in [0.25, 0.3) is 0 Å². The van der Waals surface area contributed by atoms with E-state index in [1.165, 1.54) is 30.3 Å². The summed E-state index contributed by atoms with van der Waals surface area (Å²) in [5, 5.41) is 3.31. The van der Waals surface area contributed by atoms with Gasteiger partial charge in [0.15, 0.2) is 0 Å². The molecule has 3 aromatic rings. The number of halogens is 2. The van der Waals surface area contributed by atoms with Crippen LogP contribution in [-0.4, -0.2) is 34.0 Å². The maximum Gasteiger partial charge on any atom is 0.264 e. The molecule has 1 N–H and O–H groups in total. The Bertz CT molecular complexity index is 1240. The van der Waals surface area contributed by atoms with Gasteiger partial charge in [-0.3, -0.25) is 9.10 Å². The Morgan fingerprint density at radius 2 is 1.69 bits per heavy atom. The molecule has 0 saturated carbocycles. The van der Waals surface area contributed by atoms with Crippen LogP contribution in [0.2, 0.25) is 10.0 Å². The molecule has 186 valence electrons. The lowest BCUT2D eigenvalue weighted by Crippen LogP contribution is -2.41. The minimum Gasteiger partial charge on any atom is -0.493 e. The first-order valence-corrected chi connectivity index (χ1v) is 13.5. The van der Waals surface area contributed by atoms with Crippen LogP contribution in [-0.2, 0) is 21.2 Å². The number of amides is 1. The van der Waals surface area contributed by atoms with Crippen LogP contribution in [0.1, 0.15) is 25.3 Å². The molecule has 0 saturated heterocycles. The molecule has 0 radical (unpaired) electrons. The van der Waals surface area contributed by atoms with E-state index in [1.54, 1.807) is 18.2 Å². The Kier molecular flexibility index (Phi) is 9.83. The molecule has 3 aromatic carbocycles.